The predicted octanol–water partition coefficient (Wildman–Crippen LogP) is 3.51. The summed E-state index contributed by atoms with van der Waals surface area (Å²) in [6, 6.07) is 1.99. The van der Waals surface area contributed by atoms with Crippen molar-refractivity contribution in [1.82, 2.24) is 24.4 Å². The van der Waals surface area contributed by atoms with Gasteiger partial charge in [0.25, 0.3) is 15.6 Å². The zero-order chi connectivity index (χ0) is 23.9. The van der Waals surface area contributed by atoms with Crippen LogP contribution in [0.2, 0.25) is 10.0 Å². The highest BCUT2D eigenvalue weighted by molar-refractivity contribution is 7.95. The van der Waals surface area contributed by atoms with Gasteiger partial charge in [-0.3, -0.25) is 9.52 Å². The number of nitrogens with zero attached hydrogens (tertiary/aromatic N) is 6. The molecular weight excluding hydrogens is 516 g/mol. The zero-order valence-electron chi connectivity index (χ0n) is 16.3. The van der Waals surface area contributed by atoms with E-state index in [0.29, 0.717) is 9.69 Å². The molecule has 0 saturated heterocycles. The normalized spacial score (nSPS) is 11.8. The van der Waals surface area contributed by atoms with Crippen molar-refractivity contribution in [1.29, 1.82) is 5.26 Å². The van der Waals surface area contributed by atoms with Crippen molar-refractivity contribution in [3.05, 3.63) is 66.7 Å². The number of sulfonamides is 1. The molecule has 0 bridgehead atoms. The molecule has 0 unspecified atom stereocenters. The van der Waals surface area contributed by atoms with Crippen molar-refractivity contribution in [3.8, 4) is 16.8 Å². The Balaban J connectivity index is 1.71. The maximum absolute atomic E-state index is 13.3. The van der Waals surface area contributed by atoms with Crippen molar-refractivity contribution < 1.29 is 12.8 Å². The first-order valence-corrected chi connectivity index (χ1v) is 11.9. The summed E-state index contributed by atoms with van der Waals surface area (Å²) in [4.78, 5) is 16.8. The number of nitriles is 1. The van der Waals surface area contributed by atoms with E-state index in [1.165, 1.54) is 12.4 Å². The predicted molar refractivity (Wildman–Crippen MR) is 122 cm³/mol. The molecule has 168 valence electrons. The van der Waals surface area contributed by atoms with Crippen LogP contribution in [0.5, 0.6) is 0 Å². The highest BCUT2D eigenvalue weighted by Gasteiger charge is 2.21. The Hall–Kier alpha value is -3.31. The highest BCUT2D eigenvalue weighted by Crippen LogP contribution is 2.28. The highest BCUT2D eigenvalue weighted by atomic mass is 35.5. The van der Waals surface area contributed by atoms with E-state index in [1.54, 1.807) is 13.1 Å². The molecule has 1 aromatic carbocycles. The van der Waals surface area contributed by atoms with E-state index in [-0.39, 0.29) is 37.5 Å². The van der Waals surface area contributed by atoms with Crippen LogP contribution in [0, 0.1) is 24.2 Å². The SMILES string of the molecule is Cc1nnc(-c2c(=O)n(C#N)n3cc(NS(=O)(=O)/C=C/c4c(Cl)cc(F)cc4Cl)cnc23)s1. The van der Waals surface area contributed by atoms with Crippen LogP contribution in [-0.4, -0.2) is 32.8 Å². The first-order valence-electron chi connectivity index (χ1n) is 8.79. The molecule has 0 atom stereocenters. The van der Waals surface area contributed by atoms with Gasteiger partial charge in [-0.1, -0.05) is 34.5 Å². The van der Waals surface area contributed by atoms with Gasteiger partial charge in [-0.05, 0) is 25.1 Å². The number of benzene rings is 1. The first kappa shape index (κ1) is 22.9. The number of hydrogen-bond acceptors (Lipinski definition) is 8. The van der Waals surface area contributed by atoms with Gasteiger partial charge < -0.3 is 0 Å². The van der Waals surface area contributed by atoms with Crippen molar-refractivity contribution in [2.24, 2.45) is 0 Å². The summed E-state index contributed by atoms with van der Waals surface area (Å²) in [5, 5.41) is 18.7. The van der Waals surface area contributed by atoms with Gasteiger partial charge in [0.15, 0.2) is 10.7 Å². The smallest absolute Gasteiger partial charge is 0.277 e. The van der Waals surface area contributed by atoms with Gasteiger partial charge in [-0.15, -0.1) is 14.9 Å². The Labute approximate surface area is 199 Å². The molecule has 0 spiro atoms. The van der Waals surface area contributed by atoms with Gasteiger partial charge in [0.2, 0.25) is 6.19 Å². The van der Waals surface area contributed by atoms with Gasteiger partial charge >= 0.3 is 0 Å². The van der Waals surface area contributed by atoms with E-state index in [1.807, 2.05) is 0 Å². The van der Waals surface area contributed by atoms with Gasteiger partial charge in [0.1, 0.15) is 16.4 Å². The third-order valence-corrected chi connectivity index (χ3v) is 6.70. The summed E-state index contributed by atoms with van der Waals surface area (Å²) in [5.74, 6) is -0.666. The molecule has 0 amide bonds. The molecule has 1 N–H and O–H groups in total. The number of aromatic nitrogens is 5. The number of aryl methyl sites for hydroxylation is 1. The molecule has 15 heteroatoms. The Morgan fingerprint density at radius 1 is 1.27 bits per heavy atom. The van der Waals surface area contributed by atoms with E-state index in [9.17, 15) is 22.9 Å². The molecule has 33 heavy (non-hydrogen) atoms. The molecule has 10 nitrogen and oxygen atoms in total. The molecule has 4 aromatic rings. The lowest BCUT2D eigenvalue weighted by molar-refractivity contribution is 0.609. The third-order valence-electron chi connectivity index (χ3n) is 4.20. The van der Waals surface area contributed by atoms with Crippen LogP contribution in [0.4, 0.5) is 10.1 Å². The number of hydrogen-bond donors (Lipinski definition) is 1. The summed E-state index contributed by atoms with van der Waals surface area (Å²) in [7, 11) is -4.10. The fourth-order valence-corrected chi connectivity index (χ4v) is 4.97. The summed E-state index contributed by atoms with van der Waals surface area (Å²) in [5.41, 5.74) is -0.443. The third kappa shape index (κ3) is 4.46. The summed E-state index contributed by atoms with van der Waals surface area (Å²) < 4.78 is 42.4. The summed E-state index contributed by atoms with van der Waals surface area (Å²) >= 11 is 13.0. The lowest BCUT2D eigenvalue weighted by atomic mass is 10.2. The van der Waals surface area contributed by atoms with Crippen LogP contribution in [-0.2, 0) is 10.0 Å². The van der Waals surface area contributed by atoms with E-state index in [2.05, 4.69) is 19.9 Å². The van der Waals surface area contributed by atoms with E-state index < -0.39 is 21.4 Å². The Morgan fingerprint density at radius 3 is 2.58 bits per heavy atom. The Morgan fingerprint density at radius 2 is 1.97 bits per heavy atom. The minimum absolute atomic E-state index is 0.0394. The van der Waals surface area contributed by atoms with Crippen LogP contribution < -0.4 is 10.3 Å². The topological polar surface area (TPSA) is 135 Å². The van der Waals surface area contributed by atoms with Crippen molar-refractivity contribution in [2.75, 3.05) is 4.72 Å². The van der Waals surface area contributed by atoms with Crippen molar-refractivity contribution in [2.45, 2.75) is 6.92 Å². The fraction of sp³-hybridized carbons (Fsp3) is 0.0556. The van der Waals surface area contributed by atoms with E-state index in [0.717, 1.165) is 39.5 Å². The number of halogens is 3. The molecule has 3 aromatic heterocycles. The maximum Gasteiger partial charge on any atom is 0.293 e. The lowest BCUT2D eigenvalue weighted by Crippen LogP contribution is -2.16. The van der Waals surface area contributed by atoms with Crippen molar-refractivity contribution >= 4 is 62.0 Å². The maximum atomic E-state index is 13.3. The molecule has 0 aliphatic rings. The summed E-state index contributed by atoms with van der Waals surface area (Å²) in [6.45, 7) is 1.71. The molecule has 0 radical (unpaired) electrons. The van der Waals surface area contributed by atoms with Crippen LogP contribution in [0.15, 0.2) is 34.7 Å². The van der Waals surface area contributed by atoms with E-state index >= 15 is 0 Å². The van der Waals surface area contributed by atoms with Gasteiger partial charge in [-0.2, -0.15) is 5.26 Å². The standard InChI is InChI=1S/C18H10Cl2FN7O3S2/c1-9-24-25-17(32-9)15-16-23-6-11(7-27(16)28(8-22)18(15)29)26-33(30,31)3-2-12-13(19)4-10(21)5-14(12)20/h2-7,26H,1H3/b3-2+. The number of fused-ring (bicyclic) bond motifs is 1. The second-order valence-corrected chi connectivity index (χ2v) is 10.0. The monoisotopic (exact) mass is 525 g/mol. The summed E-state index contributed by atoms with van der Waals surface area (Å²) in [6.07, 6.45) is 5.22. The number of rotatable bonds is 5. The van der Waals surface area contributed by atoms with Crippen LogP contribution in [0.1, 0.15) is 10.6 Å². The second kappa shape index (κ2) is 8.56. The van der Waals surface area contributed by atoms with Gasteiger partial charge in [0.05, 0.1) is 33.5 Å². The number of nitrogens with one attached hydrogen (secondary N) is 1. The van der Waals surface area contributed by atoms with Crippen LogP contribution >= 0.6 is 34.5 Å². The molecule has 0 saturated carbocycles. The molecule has 3 heterocycles. The van der Waals surface area contributed by atoms with Gasteiger partial charge in [-0.25, -0.2) is 22.3 Å². The van der Waals surface area contributed by atoms with Crippen LogP contribution in [0.25, 0.3) is 22.3 Å². The minimum Gasteiger partial charge on any atom is -0.277 e. The van der Waals surface area contributed by atoms with Crippen molar-refractivity contribution in [3.63, 3.8) is 0 Å². The Bertz CT molecular complexity index is 1630. The molecule has 0 aliphatic heterocycles. The molecule has 4 rings (SSSR count). The largest absolute Gasteiger partial charge is 0.293 e. The van der Waals surface area contributed by atoms with Gasteiger partial charge in [0, 0.05) is 5.56 Å². The fourth-order valence-electron chi connectivity index (χ4n) is 2.85. The minimum atomic E-state index is -4.10. The first-order chi connectivity index (χ1) is 15.6. The Kier molecular flexibility index (Phi) is 5.93. The quantitative estimate of drug-likeness (QED) is 0.421. The molecule has 0 aliphatic carbocycles. The van der Waals surface area contributed by atoms with Crippen LogP contribution in [0.3, 0.4) is 0 Å². The molecular formula is C18H10Cl2FN7O3S2. The van der Waals surface area contributed by atoms with E-state index in [4.69, 9.17) is 23.2 Å². The number of anilines is 1. The molecule has 0 fully saturated rings. The lowest BCUT2D eigenvalue weighted by Gasteiger charge is -2.06. The second-order valence-electron chi connectivity index (χ2n) is 6.46. The average molecular weight is 526 g/mol. The average Bonchev–Trinajstić information content (AvgIpc) is 3.26. The zero-order valence-corrected chi connectivity index (χ0v) is 19.5.